The Morgan fingerprint density at radius 3 is 2.80 bits per heavy atom. The molecule has 1 saturated heterocycles. The average molecular weight is 416 g/mol. The van der Waals surface area contributed by atoms with Gasteiger partial charge in [-0.3, -0.25) is 14.8 Å². The van der Waals surface area contributed by atoms with Gasteiger partial charge in [-0.25, -0.2) is 4.79 Å². The number of nitro groups is 1. The second kappa shape index (κ2) is 9.23. The van der Waals surface area contributed by atoms with Gasteiger partial charge in [-0.05, 0) is 43.0 Å². The smallest absolute Gasteiger partial charge is 0.410 e. The van der Waals surface area contributed by atoms with Gasteiger partial charge in [0.05, 0.1) is 36.0 Å². The number of nitrogens with zero attached hydrogens (tertiary/aromatic N) is 4. The van der Waals surface area contributed by atoms with Crippen LogP contribution >= 0.6 is 0 Å². The van der Waals surface area contributed by atoms with Gasteiger partial charge in [0.25, 0.3) is 5.69 Å². The first-order valence-corrected chi connectivity index (χ1v) is 10.0. The zero-order valence-electron chi connectivity index (χ0n) is 16.6. The lowest BCUT2D eigenvalue weighted by atomic mass is 10.2. The fourth-order valence-electron chi connectivity index (χ4n) is 3.52. The summed E-state index contributed by atoms with van der Waals surface area (Å²) in [6, 6.07) is 7.89. The SMILES string of the molecule is O=C(OCc1ccc([N+](=O)[O-])cc1)N1CCn2nc(COC3CCCCO3)cc2C1. The van der Waals surface area contributed by atoms with Gasteiger partial charge in [-0.15, -0.1) is 0 Å². The highest BCUT2D eigenvalue weighted by Gasteiger charge is 2.24. The molecule has 0 spiro atoms. The minimum Gasteiger partial charge on any atom is -0.445 e. The minimum absolute atomic E-state index is 0.00389. The molecule has 10 heteroatoms. The maximum absolute atomic E-state index is 12.4. The molecule has 2 aromatic rings. The first-order valence-electron chi connectivity index (χ1n) is 10.0. The van der Waals surface area contributed by atoms with Crippen LogP contribution in [0.15, 0.2) is 30.3 Å². The maximum atomic E-state index is 12.4. The number of aromatic nitrogens is 2. The van der Waals surface area contributed by atoms with Gasteiger partial charge in [0.15, 0.2) is 6.29 Å². The Morgan fingerprint density at radius 2 is 2.07 bits per heavy atom. The molecule has 30 heavy (non-hydrogen) atoms. The molecular formula is C20H24N4O6. The van der Waals surface area contributed by atoms with E-state index in [1.54, 1.807) is 17.0 Å². The van der Waals surface area contributed by atoms with Crippen LogP contribution in [0.1, 0.15) is 36.2 Å². The van der Waals surface area contributed by atoms with Crippen LogP contribution in [0.2, 0.25) is 0 Å². The standard InChI is InChI=1S/C20H24N4O6/c25-20(30-13-15-4-6-17(7-5-15)24(26)27)22-8-9-23-18(12-22)11-16(21-23)14-29-19-3-1-2-10-28-19/h4-7,11,19H,1-3,8-10,12-14H2. The molecule has 0 aliphatic carbocycles. The number of carbonyl (C=O) groups excluding carboxylic acids is 1. The van der Waals surface area contributed by atoms with Crippen molar-refractivity contribution in [2.75, 3.05) is 13.2 Å². The van der Waals surface area contributed by atoms with E-state index in [1.807, 2.05) is 10.7 Å². The van der Waals surface area contributed by atoms with E-state index in [0.29, 0.717) is 31.8 Å². The van der Waals surface area contributed by atoms with Crippen LogP contribution in [0.5, 0.6) is 0 Å². The average Bonchev–Trinajstić information content (AvgIpc) is 3.19. The minimum atomic E-state index is -0.464. The van der Waals surface area contributed by atoms with Crippen molar-refractivity contribution in [3.63, 3.8) is 0 Å². The summed E-state index contributed by atoms with van der Waals surface area (Å²) in [6.45, 7) is 2.68. The van der Waals surface area contributed by atoms with Gasteiger partial charge in [0.2, 0.25) is 0 Å². The number of fused-ring (bicyclic) bond motifs is 1. The van der Waals surface area contributed by atoms with E-state index in [2.05, 4.69) is 5.10 Å². The third-order valence-corrected chi connectivity index (χ3v) is 5.17. The van der Waals surface area contributed by atoms with Crippen LogP contribution in [0.4, 0.5) is 10.5 Å². The van der Waals surface area contributed by atoms with Gasteiger partial charge in [0.1, 0.15) is 6.61 Å². The highest BCUT2D eigenvalue weighted by molar-refractivity contribution is 5.67. The number of amides is 1. The van der Waals surface area contributed by atoms with Crippen LogP contribution in [0.3, 0.4) is 0 Å². The van der Waals surface area contributed by atoms with Crippen molar-refractivity contribution >= 4 is 11.8 Å². The maximum Gasteiger partial charge on any atom is 0.410 e. The van der Waals surface area contributed by atoms with E-state index >= 15 is 0 Å². The molecule has 3 heterocycles. The Bertz CT molecular complexity index is 891. The highest BCUT2D eigenvalue weighted by Crippen LogP contribution is 2.19. The lowest BCUT2D eigenvalue weighted by Crippen LogP contribution is -2.38. The fourth-order valence-corrected chi connectivity index (χ4v) is 3.52. The molecule has 1 unspecified atom stereocenters. The van der Waals surface area contributed by atoms with Crippen LogP contribution in [-0.2, 0) is 40.5 Å². The summed E-state index contributed by atoms with van der Waals surface area (Å²) in [4.78, 5) is 24.3. The molecule has 160 valence electrons. The van der Waals surface area contributed by atoms with Crippen LogP contribution in [0, 0.1) is 10.1 Å². The third-order valence-electron chi connectivity index (χ3n) is 5.17. The Kier molecular flexibility index (Phi) is 6.24. The summed E-state index contributed by atoms with van der Waals surface area (Å²) < 4.78 is 18.6. The van der Waals surface area contributed by atoms with Crippen molar-refractivity contribution < 1.29 is 23.9 Å². The molecule has 1 atom stereocenters. The highest BCUT2D eigenvalue weighted by atomic mass is 16.7. The molecule has 0 bridgehead atoms. The number of non-ortho nitro benzene ring substituents is 1. The predicted octanol–water partition coefficient (Wildman–Crippen LogP) is 2.99. The molecule has 2 aliphatic rings. The van der Waals surface area contributed by atoms with E-state index in [0.717, 1.165) is 37.3 Å². The summed E-state index contributed by atoms with van der Waals surface area (Å²) in [5.41, 5.74) is 2.45. The molecule has 0 saturated carbocycles. The predicted molar refractivity (Wildman–Crippen MR) is 104 cm³/mol. The molecule has 1 aromatic carbocycles. The Morgan fingerprint density at radius 1 is 1.23 bits per heavy atom. The zero-order valence-corrected chi connectivity index (χ0v) is 16.6. The number of carbonyl (C=O) groups is 1. The second-order valence-corrected chi connectivity index (χ2v) is 7.36. The first-order chi connectivity index (χ1) is 14.6. The number of benzene rings is 1. The fraction of sp³-hybridized carbons (Fsp3) is 0.500. The molecule has 1 fully saturated rings. The number of hydrogen-bond donors (Lipinski definition) is 0. The van der Waals surface area contributed by atoms with E-state index in [1.165, 1.54) is 12.1 Å². The van der Waals surface area contributed by atoms with E-state index in [-0.39, 0.29) is 18.6 Å². The summed E-state index contributed by atoms with van der Waals surface area (Å²) in [5, 5.41) is 15.2. The van der Waals surface area contributed by atoms with Crippen molar-refractivity contribution in [3.8, 4) is 0 Å². The zero-order chi connectivity index (χ0) is 20.9. The lowest BCUT2D eigenvalue weighted by molar-refractivity contribution is -0.384. The molecule has 0 N–H and O–H groups in total. The van der Waals surface area contributed by atoms with Crippen LogP contribution < -0.4 is 0 Å². The summed E-state index contributed by atoms with van der Waals surface area (Å²) in [7, 11) is 0. The largest absolute Gasteiger partial charge is 0.445 e. The summed E-state index contributed by atoms with van der Waals surface area (Å²) in [6.07, 6.45) is 2.51. The Labute approximate surface area is 173 Å². The van der Waals surface area contributed by atoms with Crippen molar-refractivity contribution in [2.24, 2.45) is 0 Å². The number of nitro benzene ring substituents is 1. The molecule has 4 rings (SSSR count). The molecule has 2 aliphatic heterocycles. The van der Waals surface area contributed by atoms with Gasteiger partial charge < -0.3 is 19.1 Å². The number of hydrogen-bond acceptors (Lipinski definition) is 7. The molecule has 1 aromatic heterocycles. The van der Waals surface area contributed by atoms with Gasteiger partial charge in [-0.2, -0.15) is 5.10 Å². The Balaban J connectivity index is 1.27. The van der Waals surface area contributed by atoms with Crippen molar-refractivity contribution in [2.45, 2.75) is 51.9 Å². The van der Waals surface area contributed by atoms with Crippen molar-refractivity contribution in [1.82, 2.24) is 14.7 Å². The number of ether oxygens (including phenoxy) is 3. The van der Waals surface area contributed by atoms with Crippen molar-refractivity contribution in [1.29, 1.82) is 0 Å². The first kappa shape index (κ1) is 20.3. The number of rotatable bonds is 6. The van der Waals surface area contributed by atoms with E-state index in [9.17, 15) is 14.9 Å². The third kappa shape index (κ3) is 4.95. The van der Waals surface area contributed by atoms with Gasteiger partial charge in [-0.1, -0.05) is 0 Å². The monoisotopic (exact) mass is 416 g/mol. The second-order valence-electron chi connectivity index (χ2n) is 7.36. The Hall–Kier alpha value is -2.98. The molecule has 1 amide bonds. The molecular weight excluding hydrogens is 392 g/mol. The van der Waals surface area contributed by atoms with E-state index < -0.39 is 11.0 Å². The van der Waals surface area contributed by atoms with Gasteiger partial charge in [0, 0.05) is 25.3 Å². The lowest BCUT2D eigenvalue weighted by Gasteiger charge is -2.26. The topological polar surface area (TPSA) is 109 Å². The van der Waals surface area contributed by atoms with Crippen LogP contribution in [0.25, 0.3) is 0 Å². The summed E-state index contributed by atoms with van der Waals surface area (Å²) >= 11 is 0. The molecule has 10 nitrogen and oxygen atoms in total. The normalized spacial score (nSPS) is 18.7. The van der Waals surface area contributed by atoms with Gasteiger partial charge >= 0.3 is 6.09 Å². The quantitative estimate of drug-likeness (QED) is 0.526. The van der Waals surface area contributed by atoms with E-state index in [4.69, 9.17) is 14.2 Å². The van der Waals surface area contributed by atoms with Crippen molar-refractivity contribution in [3.05, 3.63) is 57.4 Å². The van der Waals surface area contributed by atoms with Crippen LogP contribution in [-0.4, -0.2) is 45.1 Å². The summed E-state index contributed by atoms with van der Waals surface area (Å²) in [5.74, 6) is 0. The molecule has 0 radical (unpaired) electrons.